The Labute approximate surface area is 132 Å². The number of carbonyl (C=O) groups excluding carboxylic acids is 1. The molecule has 5 heteroatoms. The summed E-state index contributed by atoms with van der Waals surface area (Å²) in [5, 5.41) is 0. The number of hydrogen-bond donors (Lipinski definition) is 0. The van der Waals surface area contributed by atoms with E-state index in [-0.39, 0.29) is 5.91 Å². The lowest BCUT2D eigenvalue weighted by Crippen LogP contribution is -2.29. The molecule has 0 unspecified atom stereocenters. The van der Waals surface area contributed by atoms with E-state index in [0.29, 0.717) is 24.5 Å². The van der Waals surface area contributed by atoms with Gasteiger partial charge in [-0.05, 0) is 36.8 Å². The number of thiophene rings is 1. The average molecular weight is 328 g/mol. The molecule has 0 saturated carbocycles. The van der Waals surface area contributed by atoms with Crippen molar-refractivity contribution in [2.45, 2.75) is 19.3 Å². The van der Waals surface area contributed by atoms with Crippen LogP contribution >= 0.6 is 34.5 Å². The van der Waals surface area contributed by atoms with E-state index in [2.05, 4.69) is 0 Å². The maximum Gasteiger partial charge on any atom is 0.254 e. The van der Waals surface area contributed by atoms with Crippen molar-refractivity contribution in [1.82, 2.24) is 4.90 Å². The standard InChI is InChI=1S/C15H15Cl2NOS/c1-2-18(10-13-7-8-14(17)20-13)15(19)12-5-3-11(9-16)4-6-12/h3-8H,2,9-10H2,1H3. The van der Waals surface area contributed by atoms with Gasteiger partial charge in [-0.2, -0.15) is 0 Å². The van der Waals surface area contributed by atoms with Crippen LogP contribution in [0.2, 0.25) is 4.34 Å². The SMILES string of the molecule is CCN(Cc1ccc(Cl)s1)C(=O)c1ccc(CCl)cc1. The molecular weight excluding hydrogens is 313 g/mol. The van der Waals surface area contributed by atoms with Gasteiger partial charge >= 0.3 is 0 Å². The van der Waals surface area contributed by atoms with Gasteiger partial charge in [0, 0.05) is 22.9 Å². The third-order valence-electron chi connectivity index (χ3n) is 3.00. The molecule has 0 aliphatic heterocycles. The van der Waals surface area contributed by atoms with Crippen LogP contribution in [0.1, 0.15) is 27.7 Å². The van der Waals surface area contributed by atoms with Crippen molar-refractivity contribution < 1.29 is 4.79 Å². The highest BCUT2D eigenvalue weighted by Crippen LogP contribution is 2.23. The second kappa shape index (κ2) is 7.11. The largest absolute Gasteiger partial charge is 0.334 e. The van der Waals surface area contributed by atoms with Gasteiger partial charge < -0.3 is 4.90 Å². The maximum atomic E-state index is 12.5. The number of nitrogens with zero attached hydrogens (tertiary/aromatic N) is 1. The van der Waals surface area contributed by atoms with Gasteiger partial charge in [-0.3, -0.25) is 4.79 Å². The number of benzene rings is 1. The van der Waals surface area contributed by atoms with Gasteiger partial charge in [-0.25, -0.2) is 0 Å². The van der Waals surface area contributed by atoms with Gasteiger partial charge in [0.05, 0.1) is 10.9 Å². The van der Waals surface area contributed by atoms with E-state index < -0.39 is 0 Å². The van der Waals surface area contributed by atoms with Crippen molar-refractivity contribution in [1.29, 1.82) is 0 Å². The van der Waals surface area contributed by atoms with E-state index in [1.165, 1.54) is 11.3 Å². The predicted molar refractivity (Wildman–Crippen MR) is 85.7 cm³/mol. The molecule has 0 N–H and O–H groups in total. The summed E-state index contributed by atoms with van der Waals surface area (Å²) in [4.78, 5) is 15.3. The van der Waals surface area contributed by atoms with Crippen LogP contribution in [0.25, 0.3) is 0 Å². The zero-order chi connectivity index (χ0) is 14.5. The summed E-state index contributed by atoms with van der Waals surface area (Å²) in [6.45, 7) is 3.22. The lowest BCUT2D eigenvalue weighted by molar-refractivity contribution is 0.0754. The molecule has 2 rings (SSSR count). The molecule has 0 saturated heterocycles. The highest BCUT2D eigenvalue weighted by Gasteiger charge is 2.15. The zero-order valence-corrected chi connectivity index (χ0v) is 13.4. The normalized spacial score (nSPS) is 10.6. The van der Waals surface area contributed by atoms with Gasteiger partial charge in [-0.15, -0.1) is 22.9 Å². The van der Waals surface area contributed by atoms with Crippen LogP contribution < -0.4 is 0 Å². The second-order valence-corrected chi connectivity index (χ2v) is 6.42. The Morgan fingerprint density at radius 1 is 1.20 bits per heavy atom. The van der Waals surface area contributed by atoms with Crippen molar-refractivity contribution >= 4 is 40.4 Å². The molecule has 0 bridgehead atoms. The Bertz CT molecular complexity index is 580. The Balaban J connectivity index is 2.11. The van der Waals surface area contributed by atoms with Crippen LogP contribution in [-0.2, 0) is 12.4 Å². The van der Waals surface area contributed by atoms with Crippen molar-refractivity contribution in [2.75, 3.05) is 6.54 Å². The fourth-order valence-electron chi connectivity index (χ4n) is 1.87. The predicted octanol–water partition coefficient (Wildman–Crippen LogP) is 4.80. The summed E-state index contributed by atoms with van der Waals surface area (Å²) < 4.78 is 0.745. The molecule has 1 aromatic carbocycles. The van der Waals surface area contributed by atoms with Gasteiger partial charge in [0.25, 0.3) is 5.91 Å². The molecular formula is C15H15Cl2NOS. The first-order valence-corrected chi connectivity index (χ1v) is 8.05. The van der Waals surface area contributed by atoms with Crippen molar-refractivity contribution in [3.63, 3.8) is 0 Å². The Kier molecular flexibility index (Phi) is 5.46. The highest BCUT2D eigenvalue weighted by molar-refractivity contribution is 7.16. The van der Waals surface area contributed by atoms with Crippen LogP contribution in [0, 0.1) is 0 Å². The molecule has 2 aromatic rings. The second-order valence-electron chi connectivity index (χ2n) is 4.36. The molecule has 1 aromatic heterocycles. The fourth-order valence-corrected chi connectivity index (χ4v) is 3.15. The number of amides is 1. The highest BCUT2D eigenvalue weighted by atomic mass is 35.5. The van der Waals surface area contributed by atoms with Crippen LogP contribution in [0.5, 0.6) is 0 Å². The van der Waals surface area contributed by atoms with E-state index >= 15 is 0 Å². The minimum absolute atomic E-state index is 0.0261. The minimum Gasteiger partial charge on any atom is -0.334 e. The van der Waals surface area contributed by atoms with E-state index in [0.717, 1.165) is 14.8 Å². The quantitative estimate of drug-likeness (QED) is 0.722. The number of alkyl halides is 1. The van der Waals surface area contributed by atoms with Crippen molar-refractivity contribution in [3.05, 3.63) is 56.7 Å². The Morgan fingerprint density at radius 2 is 1.90 bits per heavy atom. The minimum atomic E-state index is 0.0261. The smallest absolute Gasteiger partial charge is 0.254 e. The topological polar surface area (TPSA) is 20.3 Å². The summed E-state index contributed by atoms with van der Waals surface area (Å²) in [5.74, 6) is 0.484. The first kappa shape index (κ1) is 15.4. The van der Waals surface area contributed by atoms with Crippen LogP contribution in [0.15, 0.2) is 36.4 Å². The van der Waals surface area contributed by atoms with Gasteiger partial charge in [0.15, 0.2) is 0 Å². The van der Waals surface area contributed by atoms with Gasteiger partial charge in [0.2, 0.25) is 0 Å². The number of halogens is 2. The molecule has 0 aliphatic carbocycles. The van der Waals surface area contributed by atoms with Crippen molar-refractivity contribution in [2.24, 2.45) is 0 Å². The fraction of sp³-hybridized carbons (Fsp3) is 0.267. The first-order chi connectivity index (χ1) is 9.63. The Hall–Kier alpha value is -1.03. The number of carbonyl (C=O) groups is 1. The average Bonchev–Trinajstić information content (AvgIpc) is 2.89. The molecule has 20 heavy (non-hydrogen) atoms. The third-order valence-corrected chi connectivity index (χ3v) is 4.52. The number of hydrogen-bond acceptors (Lipinski definition) is 2. The molecule has 0 aliphatic rings. The lowest BCUT2D eigenvalue weighted by atomic mass is 10.1. The summed E-state index contributed by atoms with van der Waals surface area (Å²) in [5.41, 5.74) is 1.69. The van der Waals surface area contributed by atoms with E-state index in [1.54, 1.807) is 4.90 Å². The molecule has 2 nitrogen and oxygen atoms in total. The first-order valence-electron chi connectivity index (χ1n) is 6.32. The summed E-state index contributed by atoms with van der Waals surface area (Å²) in [7, 11) is 0. The molecule has 0 spiro atoms. The van der Waals surface area contributed by atoms with E-state index in [1.807, 2.05) is 43.3 Å². The van der Waals surface area contributed by atoms with Crippen LogP contribution in [0.4, 0.5) is 0 Å². The summed E-state index contributed by atoms with van der Waals surface area (Å²) in [6.07, 6.45) is 0. The monoisotopic (exact) mass is 327 g/mol. The Morgan fingerprint density at radius 3 is 2.40 bits per heavy atom. The maximum absolute atomic E-state index is 12.5. The molecule has 1 heterocycles. The molecule has 106 valence electrons. The van der Waals surface area contributed by atoms with Gasteiger partial charge in [-0.1, -0.05) is 23.7 Å². The van der Waals surface area contributed by atoms with E-state index in [4.69, 9.17) is 23.2 Å². The lowest BCUT2D eigenvalue weighted by Gasteiger charge is -2.20. The number of rotatable bonds is 5. The molecule has 0 fully saturated rings. The van der Waals surface area contributed by atoms with Gasteiger partial charge in [0.1, 0.15) is 0 Å². The summed E-state index contributed by atoms with van der Waals surface area (Å²) >= 11 is 13.2. The summed E-state index contributed by atoms with van der Waals surface area (Å²) in [6, 6.07) is 11.2. The molecule has 0 radical (unpaired) electrons. The molecule has 0 atom stereocenters. The third kappa shape index (κ3) is 3.75. The van der Waals surface area contributed by atoms with E-state index in [9.17, 15) is 4.79 Å². The zero-order valence-electron chi connectivity index (χ0n) is 11.1. The van der Waals surface area contributed by atoms with Crippen LogP contribution in [-0.4, -0.2) is 17.4 Å². The van der Waals surface area contributed by atoms with Crippen molar-refractivity contribution in [3.8, 4) is 0 Å². The van der Waals surface area contributed by atoms with Crippen LogP contribution in [0.3, 0.4) is 0 Å². The molecule has 1 amide bonds.